The van der Waals surface area contributed by atoms with Crippen LogP contribution >= 0.6 is 0 Å². The van der Waals surface area contributed by atoms with Crippen LogP contribution in [0, 0.1) is 17.7 Å². The highest BCUT2D eigenvalue weighted by molar-refractivity contribution is 5.27. The van der Waals surface area contributed by atoms with Crippen LogP contribution in [0.4, 0.5) is 4.39 Å². The normalized spacial score (nSPS) is 8.83. The summed E-state index contributed by atoms with van der Waals surface area (Å²) in [5, 5.41) is 8.40. The zero-order valence-corrected chi connectivity index (χ0v) is 6.42. The number of halogens is 1. The van der Waals surface area contributed by atoms with Crippen molar-refractivity contribution >= 4 is 0 Å². The smallest absolute Gasteiger partial charge is 0.127 e. The second-order valence-electron chi connectivity index (χ2n) is 2.13. The SMILES string of the molecule is OCCC#Cc1cc(F)ccn1. The molecular weight excluding hydrogens is 157 g/mol. The Kier molecular flexibility index (Phi) is 3.24. The first-order valence-corrected chi connectivity index (χ1v) is 3.54. The molecule has 0 unspecified atom stereocenters. The molecule has 0 saturated heterocycles. The molecule has 1 N–H and O–H groups in total. The monoisotopic (exact) mass is 165 g/mol. The lowest BCUT2D eigenvalue weighted by atomic mass is 10.3. The molecule has 0 fully saturated rings. The number of hydrogen-bond acceptors (Lipinski definition) is 2. The molecular formula is C9H8FNO. The van der Waals surface area contributed by atoms with Gasteiger partial charge in [-0.3, -0.25) is 0 Å². The molecule has 1 aromatic rings. The molecule has 0 aliphatic rings. The van der Waals surface area contributed by atoms with Crippen LogP contribution in [0.1, 0.15) is 12.1 Å². The third kappa shape index (κ3) is 2.69. The second-order valence-corrected chi connectivity index (χ2v) is 2.13. The Bertz CT molecular complexity index is 314. The van der Waals surface area contributed by atoms with E-state index >= 15 is 0 Å². The summed E-state index contributed by atoms with van der Waals surface area (Å²) in [6.07, 6.45) is 1.75. The first-order valence-electron chi connectivity index (χ1n) is 3.54. The molecule has 62 valence electrons. The van der Waals surface area contributed by atoms with E-state index in [1.807, 2.05) is 0 Å². The van der Waals surface area contributed by atoms with Crippen LogP contribution in [-0.2, 0) is 0 Å². The number of aromatic nitrogens is 1. The van der Waals surface area contributed by atoms with Gasteiger partial charge in [0.05, 0.1) is 6.61 Å². The number of pyridine rings is 1. The van der Waals surface area contributed by atoms with Crippen molar-refractivity contribution < 1.29 is 9.50 Å². The third-order valence-electron chi connectivity index (χ3n) is 1.18. The molecule has 0 amide bonds. The van der Waals surface area contributed by atoms with Crippen LogP contribution in [0.2, 0.25) is 0 Å². The first kappa shape index (κ1) is 8.69. The van der Waals surface area contributed by atoms with Gasteiger partial charge in [0, 0.05) is 18.7 Å². The Morgan fingerprint density at radius 2 is 2.42 bits per heavy atom. The van der Waals surface area contributed by atoms with Crippen molar-refractivity contribution in [3.05, 3.63) is 29.8 Å². The van der Waals surface area contributed by atoms with E-state index in [4.69, 9.17) is 5.11 Å². The Morgan fingerprint density at radius 3 is 3.08 bits per heavy atom. The first-order chi connectivity index (χ1) is 5.83. The van der Waals surface area contributed by atoms with Crippen LogP contribution in [0.25, 0.3) is 0 Å². The van der Waals surface area contributed by atoms with E-state index in [0.717, 1.165) is 0 Å². The predicted octanol–water partition coefficient (Wildman–Crippen LogP) is 0.955. The lowest BCUT2D eigenvalue weighted by Crippen LogP contribution is -1.83. The highest BCUT2D eigenvalue weighted by Crippen LogP contribution is 1.96. The fourth-order valence-corrected chi connectivity index (χ4v) is 0.682. The molecule has 0 atom stereocenters. The number of aliphatic hydroxyl groups excluding tert-OH is 1. The Labute approximate surface area is 70.1 Å². The van der Waals surface area contributed by atoms with E-state index in [1.54, 1.807) is 0 Å². The summed E-state index contributed by atoms with van der Waals surface area (Å²) in [7, 11) is 0. The third-order valence-corrected chi connectivity index (χ3v) is 1.18. The zero-order valence-electron chi connectivity index (χ0n) is 6.42. The lowest BCUT2D eigenvalue weighted by molar-refractivity contribution is 0.305. The summed E-state index contributed by atoms with van der Waals surface area (Å²) in [6.45, 7) is 0.0162. The van der Waals surface area contributed by atoms with Crippen LogP contribution < -0.4 is 0 Å². The van der Waals surface area contributed by atoms with Crippen molar-refractivity contribution in [1.29, 1.82) is 0 Å². The summed E-state index contributed by atoms with van der Waals surface area (Å²) in [4.78, 5) is 3.82. The van der Waals surface area contributed by atoms with Crippen LogP contribution in [0.5, 0.6) is 0 Å². The average Bonchev–Trinajstić information content (AvgIpc) is 2.05. The quantitative estimate of drug-likeness (QED) is 0.628. The Hall–Kier alpha value is -1.40. The maximum Gasteiger partial charge on any atom is 0.127 e. The molecule has 12 heavy (non-hydrogen) atoms. The van der Waals surface area contributed by atoms with Crippen molar-refractivity contribution in [1.82, 2.24) is 4.98 Å². The fourth-order valence-electron chi connectivity index (χ4n) is 0.682. The van der Waals surface area contributed by atoms with Crippen molar-refractivity contribution in [3.63, 3.8) is 0 Å². The van der Waals surface area contributed by atoms with Crippen LogP contribution in [0.3, 0.4) is 0 Å². The zero-order chi connectivity index (χ0) is 8.81. The maximum atomic E-state index is 12.5. The summed E-state index contributed by atoms with van der Waals surface area (Å²) in [6, 6.07) is 2.52. The van der Waals surface area contributed by atoms with Crippen molar-refractivity contribution in [2.45, 2.75) is 6.42 Å². The van der Waals surface area contributed by atoms with Gasteiger partial charge < -0.3 is 5.11 Å². The van der Waals surface area contributed by atoms with Gasteiger partial charge in [0.15, 0.2) is 0 Å². The van der Waals surface area contributed by atoms with Gasteiger partial charge in [-0.25, -0.2) is 9.37 Å². The van der Waals surface area contributed by atoms with Gasteiger partial charge in [-0.05, 0) is 12.0 Å². The average molecular weight is 165 g/mol. The predicted molar refractivity (Wildman–Crippen MR) is 42.8 cm³/mol. The molecule has 0 aliphatic heterocycles. The minimum Gasteiger partial charge on any atom is -0.395 e. The Balaban J connectivity index is 2.71. The number of aliphatic hydroxyl groups is 1. The van der Waals surface area contributed by atoms with E-state index in [1.165, 1.54) is 18.3 Å². The summed E-state index contributed by atoms with van der Waals surface area (Å²) < 4.78 is 12.5. The minimum atomic E-state index is -0.349. The largest absolute Gasteiger partial charge is 0.395 e. The molecule has 0 radical (unpaired) electrons. The Morgan fingerprint density at radius 1 is 1.58 bits per heavy atom. The molecule has 0 bridgehead atoms. The van der Waals surface area contributed by atoms with Gasteiger partial charge >= 0.3 is 0 Å². The molecule has 0 spiro atoms. The number of nitrogens with zero attached hydrogens (tertiary/aromatic N) is 1. The molecule has 1 heterocycles. The van der Waals surface area contributed by atoms with E-state index in [9.17, 15) is 4.39 Å². The van der Waals surface area contributed by atoms with Crippen molar-refractivity contribution in [2.24, 2.45) is 0 Å². The molecule has 1 aromatic heterocycles. The maximum absolute atomic E-state index is 12.5. The summed E-state index contributed by atoms with van der Waals surface area (Å²) in [5.74, 6) is 4.93. The van der Waals surface area contributed by atoms with Gasteiger partial charge in [-0.1, -0.05) is 5.92 Å². The van der Waals surface area contributed by atoms with E-state index in [-0.39, 0.29) is 12.4 Å². The molecule has 1 rings (SSSR count). The summed E-state index contributed by atoms with van der Waals surface area (Å²) in [5.41, 5.74) is 0.392. The number of hydrogen-bond donors (Lipinski definition) is 1. The lowest BCUT2D eigenvalue weighted by Gasteiger charge is -1.88. The highest BCUT2D eigenvalue weighted by Gasteiger charge is 1.90. The van der Waals surface area contributed by atoms with Crippen molar-refractivity contribution in [2.75, 3.05) is 6.61 Å². The van der Waals surface area contributed by atoms with Gasteiger partial charge in [-0.15, -0.1) is 0 Å². The number of rotatable bonds is 1. The summed E-state index contributed by atoms with van der Waals surface area (Å²) >= 11 is 0. The molecule has 3 heteroatoms. The van der Waals surface area contributed by atoms with E-state index in [2.05, 4.69) is 16.8 Å². The highest BCUT2D eigenvalue weighted by atomic mass is 19.1. The topological polar surface area (TPSA) is 33.1 Å². The molecule has 0 aliphatic carbocycles. The molecule has 2 nitrogen and oxygen atoms in total. The van der Waals surface area contributed by atoms with Crippen LogP contribution in [-0.4, -0.2) is 16.7 Å². The van der Waals surface area contributed by atoms with Gasteiger partial charge in [0.2, 0.25) is 0 Å². The van der Waals surface area contributed by atoms with Crippen LogP contribution in [0.15, 0.2) is 18.3 Å². The van der Waals surface area contributed by atoms with Gasteiger partial charge in [0.1, 0.15) is 11.5 Å². The molecule has 0 saturated carbocycles. The minimum absolute atomic E-state index is 0.0162. The standard InChI is InChI=1S/C9H8FNO/c10-8-4-5-11-9(7-8)3-1-2-6-12/h4-5,7,12H,2,6H2. The van der Waals surface area contributed by atoms with Gasteiger partial charge in [0.25, 0.3) is 0 Å². The fraction of sp³-hybridized carbons (Fsp3) is 0.222. The van der Waals surface area contributed by atoms with Gasteiger partial charge in [-0.2, -0.15) is 0 Å². The second kappa shape index (κ2) is 4.47. The molecule has 0 aromatic carbocycles. The van der Waals surface area contributed by atoms with Crippen molar-refractivity contribution in [3.8, 4) is 11.8 Å². The van der Waals surface area contributed by atoms with E-state index < -0.39 is 0 Å². The van der Waals surface area contributed by atoms with E-state index in [0.29, 0.717) is 12.1 Å².